The summed E-state index contributed by atoms with van der Waals surface area (Å²) in [6, 6.07) is 0. The molecule has 0 amide bonds. The van der Waals surface area contributed by atoms with Gasteiger partial charge in [-0.05, 0) is 12.7 Å². The number of nitrogens with zero attached hydrogens (tertiary/aromatic N) is 1. The quantitative estimate of drug-likeness (QED) is 0.594. The number of aryl methyl sites for hydroxylation is 2. The van der Waals surface area contributed by atoms with E-state index in [1.807, 2.05) is 6.92 Å². The van der Waals surface area contributed by atoms with Crippen LogP contribution in [0.25, 0.3) is 0 Å². The second kappa shape index (κ2) is 4.33. The summed E-state index contributed by atoms with van der Waals surface area (Å²) in [5.41, 5.74) is 1.07. The summed E-state index contributed by atoms with van der Waals surface area (Å²) in [7, 11) is 0. The van der Waals surface area contributed by atoms with Crippen molar-refractivity contribution in [3.63, 3.8) is 0 Å². The molecule has 1 nitrogen and oxygen atoms in total. The Hall–Kier alpha value is 0.270. The van der Waals surface area contributed by atoms with E-state index in [1.54, 1.807) is 11.3 Å². The lowest BCUT2D eigenvalue weighted by molar-refractivity contribution is 1.07. The van der Waals surface area contributed by atoms with Crippen LogP contribution >= 0.6 is 35.6 Å². The molecule has 0 bridgehead atoms. The van der Waals surface area contributed by atoms with E-state index in [9.17, 15) is 0 Å². The highest BCUT2D eigenvalue weighted by Gasteiger charge is 2.04. The molecule has 0 aromatic carbocycles. The Labute approximate surface area is 81.2 Å². The maximum Gasteiger partial charge on any atom is 0.0939 e. The molecule has 4 heteroatoms. The highest BCUT2D eigenvalue weighted by molar-refractivity contribution is 7.80. The number of rotatable bonds is 3. The Morgan fingerprint density at radius 2 is 2.36 bits per heavy atom. The molecule has 1 rings (SSSR count). The van der Waals surface area contributed by atoms with E-state index in [0.29, 0.717) is 5.88 Å². The molecule has 0 unspecified atom stereocenters. The van der Waals surface area contributed by atoms with Crippen molar-refractivity contribution in [1.82, 2.24) is 4.98 Å². The first-order chi connectivity index (χ1) is 5.27. The molecule has 1 heterocycles. The van der Waals surface area contributed by atoms with E-state index in [-0.39, 0.29) is 0 Å². The van der Waals surface area contributed by atoms with Crippen molar-refractivity contribution in [3.05, 3.63) is 15.6 Å². The van der Waals surface area contributed by atoms with Crippen LogP contribution in [0.5, 0.6) is 0 Å². The summed E-state index contributed by atoms with van der Waals surface area (Å²) >= 11 is 11.5. The van der Waals surface area contributed by atoms with Crippen LogP contribution in [0.3, 0.4) is 0 Å². The third kappa shape index (κ3) is 2.36. The SMILES string of the molecule is Cc1nc(CCS)sc1CCl. The molecular formula is C7H10ClNS2. The van der Waals surface area contributed by atoms with Gasteiger partial charge in [-0.15, -0.1) is 22.9 Å². The summed E-state index contributed by atoms with van der Waals surface area (Å²) in [4.78, 5) is 5.54. The van der Waals surface area contributed by atoms with Crippen LogP contribution in [0, 0.1) is 6.92 Å². The Morgan fingerprint density at radius 1 is 1.64 bits per heavy atom. The first kappa shape index (κ1) is 9.36. The molecule has 0 atom stereocenters. The fraction of sp³-hybridized carbons (Fsp3) is 0.571. The molecule has 0 saturated heterocycles. The maximum absolute atomic E-state index is 5.70. The van der Waals surface area contributed by atoms with Crippen LogP contribution < -0.4 is 0 Å². The Balaban J connectivity index is 2.77. The van der Waals surface area contributed by atoms with Crippen LogP contribution in [0.4, 0.5) is 0 Å². The van der Waals surface area contributed by atoms with Gasteiger partial charge in [0.2, 0.25) is 0 Å². The minimum atomic E-state index is 0.579. The molecule has 0 radical (unpaired) electrons. The van der Waals surface area contributed by atoms with Crippen LogP contribution in [0.2, 0.25) is 0 Å². The smallest absolute Gasteiger partial charge is 0.0939 e. The average Bonchev–Trinajstić information content (AvgIpc) is 2.32. The first-order valence-electron chi connectivity index (χ1n) is 3.40. The van der Waals surface area contributed by atoms with Crippen molar-refractivity contribution in [2.24, 2.45) is 0 Å². The third-order valence-corrected chi connectivity index (χ3v) is 3.25. The van der Waals surface area contributed by atoms with Gasteiger partial charge in [0.25, 0.3) is 0 Å². The summed E-state index contributed by atoms with van der Waals surface area (Å²) in [6.45, 7) is 2.00. The van der Waals surface area contributed by atoms with Gasteiger partial charge in [0, 0.05) is 11.3 Å². The third-order valence-electron chi connectivity index (χ3n) is 1.38. The lowest BCUT2D eigenvalue weighted by atomic mass is 10.4. The van der Waals surface area contributed by atoms with Gasteiger partial charge in [-0.25, -0.2) is 4.98 Å². The van der Waals surface area contributed by atoms with E-state index in [1.165, 1.54) is 4.88 Å². The summed E-state index contributed by atoms with van der Waals surface area (Å²) in [5.74, 6) is 1.44. The van der Waals surface area contributed by atoms with Gasteiger partial charge in [0.05, 0.1) is 16.6 Å². The number of thiol groups is 1. The van der Waals surface area contributed by atoms with Crippen LogP contribution in [0.1, 0.15) is 15.6 Å². The average molecular weight is 208 g/mol. The summed E-state index contributed by atoms with van der Waals surface area (Å²) in [6.07, 6.45) is 0.950. The van der Waals surface area contributed by atoms with Gasteiger partial charge in [0.15, 0.2) is 0 Å². The van der Waals surface area contributed by atoms with Crippen molar-refractivity contribution in [1.29, 1.82) is 0 Å². The van der Waals surface area contributed by atoms with Crippen molar-refractivity contribution >= 4 is 35.6 Å². The van der Waals surface area contributed by atoms with E-state index in [2.05, 4.69) is 17.6 Å². The maximum atomic E-state index is 5.70. The van der Waals surface area contributed by atoms with E-state index < -0.39 is 0 Å². The van der Waals surface area contributed by atoms with E-state index in [4.69, 9.17) is 11.6 Å². The van der Waals surface area contributed by atoms with E-state index >= 15 is 0 Å². The van der Waals surface area contributed by atoms with E-state index in [0.717, 1.165) is 22.9 Å². The molecule has 1 aromatic heterocycles. The standard InChI is InChI=1S/C7H10ClNS2/c1-5-6(4-8)11-7(9-5)2-3-10/h10H,2-4H2,1H3. The fourth-order valence-electron chi connectivity index (χ4n) is 0.815. The molecule has 0 aliphatic carbocycles. The Kier molecular flexibility index (Phi) is 3.69. The number of halogens is 1. The lowest BCUT2D eigenvalue weighted by Gasteiger charge is -1.85. The monoisotopic (exact) mass is 207 g/mol. The van der Waals surface area contributed by atoms with Gasteiger partial charge >= 0.3 is 0 Å². The summed E-state index contributed by atoms with van der Waals surface area (Å²) in [5, 5.41) is 1.15. The number of aromatic nitrogens is 1. The predicted octanol–water partition coefficient (Wildman–Crippen LogP) is 2.66. The van der Waals surface area contributed by atoms with Gasteiger partial charge in [0.1, 0.15) is 0 Å². The molecule has 0 spiro atoms. The topological polar surface area (TPSA) is 12.9 Å². The molecular weight excluding hydrogens is 198 g/mol. The molecule has 0 saturated carbocycles. The number of hydrogen-bond donors (Lipinski definition) is 1. The minimum Gasteiger partial charge on any atom is -0.246 e. The zero-order valence-corrected chi connectivity index (χ0v) is 8.77. The van der Waals surface area contributed by atoms with Crippen LogP contribution in [-0.2, 0) is 12.3 Å². The molecule has 11 heavy (non-hydrogen) atoms. The number of alkyl halides is 1. The van der Waals surface area contributed by atoms with Gasteiger partial charge in [-0.1, -0.05) is 0 Å². The minimum absolute atomic E-state index is 0.579. The number of thiazole rings is 1. The van der Waals surface area contributed by atoms with Crippen molar-refractivity contribution < 1.29 is 0 Å². The molecule has 0 fully saturated rings. The molecule has 62 valence electrons. The molecule has 1 aromatic rings. The Morgan fingerprint density at radius 3 is 2.82 bits per heavy atom. The van der Waals surface area contributed by atoms with Gasteiger partial charge in [-0.2, -0.15) is 12.6 Å². The zero-order valence-electron chi connectivity index (χ0n) is 6.30. The highest BCUT2D eigenvalue weighted by Crippen LogP contribution is 2.20. The Bertz CT molecular complexity index is 234. The lowest BCUT2D eigenvalue weighted by Crippen LogP contribution is -1.83. The van der Waals surface area contributed by atoms with Crippen molar-refractivity contribution in [2.75, 3.05) is 5.75 Å². The predicted molar refractivity (Wildman–Crippen MR) is 54.0 cm³/mol. The highest BCUT2D eigenvalue weighted by atomic mass is 35.5. The van der Waals surface area contributed by atoms with Crippen LogP contribution in [0.15, 0.2) is 0 Å². The van der Waals surface area contributed by atoms with Gasteiger partial charge < -0.3 is 0 Å². The fourth-order valence-corrected chi connectivity index (χ4v) is 2.45. The number of hydrogen-bond acceptors (Lipinski definition) is 3. The van der Waals surface area contributed by atoms with Crippen molar-refractivity contribution in [2.45, 2.75) is 19.2 Å². The largest absolute Gasteiger partial charge is 0.246 e. The first-order valence-corrected chi connectivity index (χ1v) is 5.38. The van der Waals surface area contributed by atoms with Crippen molar-refractivity contribution in [3.8, 4) is 0 Å². The molecule has 0 aliphatic heterocycles. The zero-order chi connectivity index (χ0) is 8.27. The van der Waals surface area contributed by atoms with Crippen LogP contribution in [-0.4, -0.2) is 10.7 Å². The second-order valence-electron chi connectivity index (χ2n) is 2.22. The molecule has 0 N–H and O–H groups in total. The molecule has 0 aliphatic rings. The van der Waals surface area contributed by atoms with Gasteiger partial charge in [-0.3, -0.25) is 0 Å². The summed E-state index contributed by atoms with van der Waals surface area (Å²) < 4.78 is 0. The normalized spacial score (nSPS) is 10.5. The second-order valence-corrected chi connectivity index (χ2v) is 4.11.